The number of aromatic nitrogens is 1. The summed E-state index contributed by atoms with van der Waals surface area (Å²) in [6, 6.07) is 6.67. The van der Waals surface area contributed by atoms with Gasteiger partial charge in [-0.05, 0) is 75.3 Å². The van der Waals surface area contributed by atoms with Crippen molar-refractivity contribution in [1.29, 1.82) is 0 Å². The topological polar surface area (TPSA) is 57.4 Å². The van der Waals surface area contributed by atoms with Gasteiger partial charge in [-0.2, -0.15) is 0 Å². The Morgan fingerprint density at radius 2 is 2.00 bits per heavy atom. The van der Waals surface area contributed by atoms with E-state index in [0.717, 1.165) is 66.2 Å². The third-order valence-corrected chi connectivity index (χ3v) is 6.31. The monoisotopic (exact) mass is 429 g/mol. The summed E-state index contributed by atoms with van der Waals surface area (Å²) in [6.45, 7) is 8.94. The van der Waals surface area contributed by atoms with Gasteiger partial charge in [0.25, 0.3) is 5.56 Å². The Labute approximate surface area is 185 Å². The normalized spacial score (nSPS) is 14.8. The number of benzene rings is 1. The highest BCUT2D eigenvalue weighted by Crippen LogP contribution is 2.25. The van der Waals surface area contributed by atoms with Crippen LogP contribution in [0, 0.1) is 13.8 Å². The minimum Gasteiger partial charge on any atom is -0.382 e. The number of thiocarbonyl (C=S) groups is 1. The van der Waals surface area contributed by atoms with Crippen molar-refractivity contribution in [2.45, 2.75) is 71.9 Å². The van der Waals surface area contributed by atoms with E-state index < -0.39 is 0 Å². The van der Waals surface area contributed by atoms with Crippen molar-refractivity contribution in [3.63, 3.8) is 0 Å². The molecule has 1 aliphatic carbocycles. The average molecular weight is 430 g/mol. The third-order valence-electron chi connectivity index (χ3n) is 5.93. The standard InChI is InChI=1S/C24H35N3O2S/c1-4-29-12-8-11-25-24(30)27(21-9-6-5-7-10-21)16-20-15-19-14-17(2)13-18(3)22(19)26-23(20)28/h13-15,21H,4-12,16H2,1-3H3,(H,25,30)(H,26,28). The fraction of sp³-hybridized carbons (Fsp3) is 0.583. The lowest BCUT2D eigenvalue weighted by Gasteiger charge is -2.36. The van der Waals surface area contributed by atoms with Crippen LogP contribution in [0.15, 0.2) is 23.0 Å². The van der Waals surface area contributed by atoms with Gasteiger partial charge in [0.1, 0.15) is 0 Å². The number of ether oxygens (including phenoxy) is 1. The largest absolute Gasteiger partial charge is 0.382 e. The maximum Gasteiger partial charge on any atom is 0.253 e. The number of hydrogen-bond donors (Lipinski definition) is 2. The van der Waals surface area contributed by atoms with Crippen LogP contribution in [0.1, 0.15) is 62.1 Å². The molecule has 1 aromatic carbocycles. The molecule has 0 radical (unpaired) electrons. The quantitative estimate of drug-likeness (QED) is 0.475. The minimum atomic E-state index is -0.0191. The number of hydrogen-bond acceptors (Lipinski definition) is 3. The molecule has 1 aliphatic rings. The summed E-state index contributed by atoms with van der Waals surface area (Å²) in [6.07, 6.45) is 6.91. The summed E-state index contributed by atoms with van der Waals surface area (Å²) in [7, 11) is 0. The molecule has 1 fully saturated rings. The predicted octanol–water partition coefficient (Wildman–Crippen LogP) is 4.58. The lowest BCUT2D eigenvalue weighted by atomic mass is 9.94. The molecule has 0 bridgehead atoms. The molecule has 0 unspecified atom stereocenters. The van der Waals surface area contributed by atoms with Crippen molar-refractivity contribution in [2.75, 3.05) is 19.8 Å². The zero-order valence-corrected chi connectivity index (χ0v) is 19.4. The van der Waals surface area contributed by atoms with Crippen LogP contribution < -0.4 is 10.9 Å². The molecule has 1 saturated carbocycles. The zero-order chi connectivity index (χ0) is 21.5. The highest BCUT2D eigenvalue weighted by molar-refractivity contribution is 7.80. The van der Waals surface area contributed by atoms with Crippen LogP contribution in [0.25, 0.3) is 10.9 Å². The van der Waals surface area contributed by atoms with Gasteiger partial charge in [0, 0.05) is 31.4 Å². The molecular formula is C24H35N3O2S. The van der Waals surface area contributed by atoms with Gasteiger partial charge in [0.05, 0.1) is 12.1 Å². The molecule has 164 valence electrons. The van der Waals surface area contributed by atoms with Gasteiger partial charge < -0.3 is 19.9 Å². The smallest absolute Gasteiger partial charge is 0.253 e. The van der Waals surface area contributed by atoms with Gasteiger partial charge in [-0.15, -0.1) is 0 Å². The van der Waals surface area contributed by atoms with E-state index in [4.69, 9.17) is 17.0 Å². The van der Waals surface area contributed by atoms with E-state index in [-0.39, 0.29) is 5.56 Å². The van der Waals surface area contributed by atoms with E-state index in [0.29, 0.717) is 12.6 Å². The molecule has 2 N–H and O–H groups in total. The van der Waals surface area contributed by atoms with Crippen LogP contribution in [0.2, 0.25) is 0 Å². The van der Waals surface area contributed by atoms with Crippen LogP contribution >= 0.6 is 12.2 Å². The summed E-state index contributed by atoms with van der Waals surface area (Å²) >= 11 is 5.78. The lowest BCUT2D eigenvalue weighted by Crippen LogP contribution is -2.47. The number of aromatic amines is 1. The molecular weight excluding hydrogens is 394 g/mol. The Bertz CT molecular complexity index is 919. The van der Waals surface area contributed by atoms with Crippen molar-refractivity contribution in [3.05, 3.63) is 45.2 Å². The maximum atomic E-state index is 12.9. The van der Waals surface area contributed by atoms with E-state index in [1.807, 2.05) is 19.9 Å². The molecule has 30 heavy (non-hydrogen) atoms. The van der Waals surface area contributed by atoms with Gasteiger partial charge in [0.15, 0.2) is 5.11 Å². The highest BCUT2D eigenvalue weighted by atomic mass is 32.1. The molecule has 0 aliphatic heterocycles. The molecule has 5 nitrogen and oxygen atoms in total. The fourth-order valence-electron chi connectivity index (χ4n) is 4.41. The highest BCUT2D eigenvalue weighted by Gasteiger charge is 2.24. The second kappa shape index (κ2) is 10.9. The summed E-state index contributed by atoms with van der Waals surface area (Å²) in [5, 5.41) is 5.23. The number of aryl methyl sites for hydroxylation is 2. The number of rotatable bonds is 8. The number of fused-ring (bicyclic) bond motifs is 1. The van der Waals surface area contributed by atoms with Gasteiger partial charge in [-0.1, -0.05) is 30.9 Å². The summed E-state index contributed by atoms with van der Waals surface area (Å²) in [4.78, 5) is 18.2. The lowest BCUT2D eigenvalue weighted by molar-refractivity contribution is 0.145. The molecule has 1 heterocycles. The van der Waals surface area contributed by atoms with E-state index in [1.165, 1.54) is 24.8 Å². The number of nitrogens with one attached hydrogen (secondary N) is 2. The minimum absolute atomic E-state index is 0.0191. The first-order chi connectivity index (χ1) is 14.5. The molecule has 3 rings (SSSR count). The number of H-pyrrole nitrogens is 1. The Morgan fingerprint density at radius 1 is 1.23 bits per heavy atom. The predicted molar refractivity (Wildman–Crippen MR) is 128 cm³/mol. The first-order valence-corrected chi connectivity index (χ1v) is 11.7. The van der Waals surface area contributed by atoms with Crippen LogP contribution in [0.3, 0.4) is 0 Å². The molecule has 0 saturated heterocycles. The number of pyridine rings is 1. The van der Waals surface area contributed by atoms with Crippen molar-refractivity contribution < 1.29 is 4.74 Å². The Balaban J connectivity index is 1.80. The first-order valence-electron chi connectivity index (χ1n) is 11.2. The second-order valence-corrected chi connectivity index (χ2v) is 8.76. The van der Waals surface area contributed by atoms with Crippen molar-refractivity contribution in [3.8, 4) is 0 Å². The fourth-order valence-corrected chi connectivity index (χ4v) is 4.72. The third kappa shape index (κ3) is 5.82. The van der Waals surface area contributed by atoms with Crippen LogP contribution in [-0.4, -0.2) is 40.8 Å². The Hall–Kier alpha value is -1.92. The molecule has 1 aromatic heterocycles. The SMILES string of the molecule is CCOCCCNC(=S)N(Cc1cc2cc(C)cc(C)c2[nH]c1=O)C1CCCCC1. The Morgan fingerprint density at radius 3 is 2.73 bits per heavy atom. The van der Waals surface area contributed by atoms with Crippen molar-refractivity contribution in [2.24, 2.45) is 0 Å². The summed E-state index contributed by atoms with van der Waals surface area (Å²) in [5.74, 6) is 0. The van der Waals surface area contributed by atoms with Crippen LogP contribution in [-0.2, 0) is 11.3 Å². The summed E-state index contributed by atoms with van der Waals surface area (Å²) in [5.41, 5.74) is 3.99. The molecule has 0 spiro atoms. The molecule has 0 atom stereocenters. The molecule has 0 amide bonds. The van der Waals surface area contributed by atoms with Crippen LogP contribution in [0.5, 0.6) is 0 Å². The molecule has 2 aromatic rings. The average Bonchev–Trinajstić information content (AvgIpc) is 2.73. The Kier molecular flexibility index (Phi) is 8.28. The second-order valence-electron chi connectivity index (χ2n) is 8.37. The van der Waals surface area contributed by atoms with E-state index in [2.05, 4.69) is 34.3 Å². The van der Waals surface area contributed by atoms with Gasteiger partial charge >= 0.3 is 0 Å². The first kappa shape index (κ1) is 22.8. The van der Waals surface area contributed by atoms with E-state index in [9.17, 15) is 4.79 Å². The van der Waals surface area contributed by atoms with Crippen molar-refractivity contribution in [1.82, 2.24) is 15.2 Å². The zero-order valence-electron chi connectivity index (χ0n) is 18.6. The van der Waals surface area contributed by atoms with Gasteiger partial charge in [-0.3, -0.25) is 4.79 Å². The maximum absolute atomic E-state index is 12.9. The van der Waals surface area contributed by atoms with Gasteiger partial charge in [0.2, 0.25) is 0 Å². The molecule has 6 heteroatoms. The van der Waals surface area contributed by atoms with Crippen molar-refractivity contribution >= 4 is 28.2 Å². The van der Waals surface area contributed by atoms with E-state index in [1.54, 1.807) is 0 Å². The van der Waals surface area contributed by atoms with Gasteiger partial charge in [-0.25, -0.2) is 0 Å². The van der Waals surface area contributed by atoms with Crippen LogP contribution in [0.4, 0.5) is 0 Å². The van der Waals surface area contributed by atoms with E-state index >= 15 is 0 Å². The summed E-state index contributed by atoms with van der Waals surface area (Å²) < 4.78 is 5.42. The number of nitrogens with zero attached hydrogens (tertiary/aromatic N) is 1.